The molecule has 1 aliphatic rings. The van der Waals surface area contributed by atoms with Gasteiger partial charge in [-0.1, -0.05) is 6.07 Å². The molecule has 2 rings (SSSR count). The van der Waals surface area contributed by atoms with Crippen molar-refractivity contribution in [2.24, 2.45) is 11.8 Å². The first-order valence-corrected chi connectivity index (χ1v) is 8.34. The van der Waals surface area contributed by atoms with E-state index in [1.54, 1.807) is 24.3 Å². The summed E-state index contributed by atoms with van der Waals surface area (Å²) in [6, 6.07) is 6.54. The topological polar surface area (TPSA) is 87.7 Å². The summed E-state index contributed by atoms with van der Waals surface area (Å²) in [5.74, 6) is -1.30. The van der Waals surface area contributed by atoms with Crippen LogP contribution < -0.4 is 10.6 Å². The van der Waals surface area contributed by atoms with Crippen LogP contribution in [0.25, 0.3) is 0 Å². The molecule has 0 aromatic heterocycles. The Morgan fingerprint density at radius 3 is 2.60 bits per heavy atom. The van der Waals surface area contributed by atoms with Crippen LogP contribution in [-0.2, 0) is 14.3 Å². The summed E-state index contributed by atoms with van der Waals surface area (Å²) >= 11 is 0. The molecule has 1 aliphatic carbocycles. The van der Waals surface area contributed by atoms with Gasteiger partial charge in [-0.05, 0) is 51.7 Å². The summed E-state index contributed by atoms with van der Waals surface area (Å²) in [4.78, 5) is 37.9. The molecule has 7 heteroatoms. The van der Waals surface area contributed by atoms with Crippen molar-refractivity contribution in [1.29, 1.82) is 0 Å². The van der Waals surface area contributed by atoms with Gasteiger partial charge in [0.1, 0.15) is 0 Å². The number of carbonyl (C=O) groups is 3. The van der Waals surface area contributed by atoms with Crippen LogP contribution in [0.3, 0.4) is 0 Å². The summed E-state index contributed by atoms with van der Waals surface area (Å²) in [5.41, 5.74) is 0.885. The monoisotopic (exact) mass is 347 g/mol. The van der Waals surface area contributed by atoms with Gasteiger partial charge in [-0.2, -0.15) is 0 Å². The molecule has 1 aromatic rings. The number of anilines is 1. The standard InChI is InChI=1S/C18H25N3O4/c1-21(2)9-5-8-19-16(22)14-11-15(14)17(23)20-13-7-4-6-12(10-13)18(24)25-3/h4,6-7,10,14-15H,5,8-9,11H2,1-3H3,(H,19,22)(H,20,23). The molecule has 0 aliphatic heterocycles. The van der Waals surface area contributed by atoms with Gasteiger partial charge < -0.3 is 20.3 Å². The minimum absolute atomic E-state index is 0.0674. The van der Waals surface area contributed by atoms with Crippen LogP contribution in [0.4, 0.5) is 5.69 Å². The molecule has 1 aromatic carbocycles. The smallest absolute Gasteiger partial charge is 0.337 e. The maximum atomic E-state index is 12.2. The van der Waals surface area contributed by atoms with Crippen molar-refractivity contribution >= 4 is 23.5 Å². The lowest BCUT2D eigenvalue weighted by atomic mass is 10.2. The Kier molecular flexibility index (Phi) is 6.52. The van der Waals surface area contributed by atoms with Gasteiger partial charge in [-0.3, -0.25) is 9.59 Å². The van der Waals surface area contributed by atoms with E-state index < -0.39 is 5.97 Å². The number of rotatable bonds is 8. The largest absolute Gasteiger partial charge is 0.465 e. The fourth-order valence-electron chi connectivity index (χ4n) is 2.59. The first kappa shape index (κ1) is 18.9. The van der Waals surface area contributed by atoms with Crippen LogP contribution in [0.1, 0.15) is 23.2 Å². The molecule has 2 atom stereocenters. The van der Waals surface area contributed by atoms with E-state index in [2.05, 4.69) is 20.3 Å². The third kappa shape index (κ3) is 5.56. The van der Waals surface area contributed by atoms with Crippen molar-refractivity contribution in [2.45, 2.75) is 12.8 Å². The zero-order chi connectivity index (χ0) is 18.4. The maximum Gasteiger partial charge on any atom is 0.337 e. The third-order valence-corrected chi connectivity index (χ3v) is 4.10. The third-order valence-electron chi connectivity index (χ3n) is 4.10. The summed E-state index contributed by atoms with van der Waals surface area (Å²) in [5, 5.41) is 5.63. The highest BCUT2D eigenvalue weighted by atomic mass is 16.5. The number of methoxy groups -OCH3 is 1. The van der Waals surface area contributed by atoms with Gasteiger partial charge in [0.2, 0.25) is 11.8 Å². The summed E-state index contributed by atoms with van der Waals surface area (Å²) in [7, 11) is 5.27. The number of nitrogens with zero attached hydrogens (tertiary/aromatic N) is 1. The Labute approximate surface area is 147 Å². The van der Waals surface area contributed by atoms with Crippen LogP contribution in [0.5, 0.6) is 0 Å². The molecular weight excluding hydrogens is 322 g/mol. The molecule has 0 bridgehead atoms. The first-order valence-electron chi connectivity index (χ1n) is 8.34. The van der Waals surface area contributed by atoms with Gasteiger partial charge in [-0.15, -0.1) is 0 Å². The molecule has 2 amide bonds. The van der Waals surface area contributed by atoms with Crippen LogP contribution in [0.15, 0.2) is 24.3 Å². The number of ether oxygens (including phenoxy) is 1. The van der Waals surface area contributed by atoms with Gasteiger partial charge in [0.15, 0.2) is 0 Å². The highest BCUT2D eigenvalue weighted by molar-refractivity contribution is 6.00. The van der Waals surface area contributed by atoms with Crippen LogP contribution >= 0.6 is 0 Å². The van der Waals surface area contributed by atoms with Gasteiger partial charge in [0, 0.05) is 12.2 Å². The van der Waals surface area contributed by atoms with E-state index >= 15 is 0 Å². The number of hydrogen-bond acceptors (Lipinski definition) is 5. The Morgan fingerprint density at radius 2 is 1.92 bits per heavy atom. The normalized spacial score (nSPS) is 18.6. The fraction of sp³-hybridized carbons (Fsp3) is 0.500. The second-order valence-electron chi connectivity index (χ2n) is 6.46. The van der Waals surface area contributed by atoms with Crippen molar-refractivity contribution in [1.82, 2.24) is 10.2 Å². The maximum absolute atomic E-state index is 12.2. The van der Waals surface area contributed by atoms with E-state index in [1.807, 2.05) is 14.1 Å². The number of carbonyl (C=O) groups excluding carboxylic acids is 3. The average molecular weight is 347 g/mol. The van der Waals surface area contributed by atoms with Gasteiger partial charge in [0.25, 0.3) is 0 Å². The van der Waals surface area contributed by atoms with E-state index in [1.165, 1.54) is 7.11 Å². The van der Waals surface area contributed by atoms with E-state index in [-0.39, 0.29) is 23.7 Å². The molecular formula is C18H25N3O4. The number of amides is 2. The number of nitrogens with one attached hydrogen (secondary N) is 2. The summed E-state index contributed by atoms with van der Waals surface area (Å²) in [6.07, 6.45) is 1.44. The molecule has 2 N–H and O–H groups in total. The number of hydrogen-bond donors (Lipinski definition) is 2. The summed E-state index contributed by atoms with van der Waals surface area (Å²) < 4.78 is 4.66. The predicted molar refractivity (Wildman–Crippen MR) is 94.2 cm³/mol. The molecule has 0 spiro atoms. The second kappa shape index (κ2) is 8.62. The van der Waals surface area contributed by atoms with Gasteiger partial charge >= 0.3 is 5.97 Å². The molecule has 25 heavy (non-hydrogen) atoms. The molecule has 7 nitrogen and oxygen atoms in total. The zero-order valence-corrected chi connectivity index (χ0v) is 14.9. The number of benzene rings is 1. The molecule has 1 saturated carbocycles. The van der Waals surface area contributed by atoms with Crippen molar-refractivity contribution < 1.29 is 19.1 Å². The van der Waals surface area contributed by atoms with Crippen LogP contribution in [-0.4, -0.2) is 57.0 Å². The minimum Gasteiger partial charge on any atom is -0.465 e. The van der Waals surface area contributed by atoms with Gasteiger partial charge in [-0.25, -0.2) is 4.79 Å². The Balaban J connectivity index is 1.79. The van der Waals surface area contributed by atoms with E-state index in [9.17, 15) is 14.4 Å². The van der Waals surface area contributed by atoms with Crippen molar-refractivity contribution in [3.63, 3.8) is 0 Å². The first-order chi connectivity index (χ1) is 11.9. The van der Waals surface area contributed by atoms with Crippen LogP contribution in [0, 0.1) is 11.8 Å². The Bertz CT molecular complexity index is 645. The molecule has 0 saturated heterocycles. The Morgan fingerprint density at radius 1 is 1.20 bits per heavy atom. The van der Waals surface area contributed by atoms with Crippen molar-refractivity contribution in [2.75, 3.05) is 39.6 Å². The molecule has 0 radical (unpaired) electrons. The zero-order valence-electron chi connectivity index (χ0n) is 14.9. The molecule has 136 valence electrons. The van der Waals surface area contributed by atoms with E-state index in [0.717, 1.165) is 13.0 Å². The Hall–Kier alpha value is -2.41. The molecule has 1 fully saturated rings. The fourth-order valence-corrected chi connectivity index (χ4v) is 2.59. The summed E-state index contributed by atoms with van der Waals surface area (Å²) in [6.45, 7) is 1.52. The number of esters is 1. The van der Waals surface area contributed by atoms with Gasteiger partial charge in [0.05, 0.1) is 24.5 Å². The average Bonchev–Trinajstić information content (AvgIpc) is 3.39. The van der Waals surface area contributed by atoms with E-state index in [0.29, 0.717) is 24.2 Å². The lowest BCUT2D eigenvalue weighted by Crippen LogP contribution is -2.30. The van der Waals surface area contributed by atoms with Crippen LogP contribution in [0.2, 0.25) is 0 Å². The lowest BCUT2D eigenvalue weighted by molar-refractivity contribution is -0.125. The highest BCUT2D eigenvalue weighted by Gasteiger charge is 2.47. The minimum atomic E-state index is -0.461. The van der Waals surface area contributed by atoms with E-state index in [4.69, 9.17) is 0 Å². The molecule has 2 unspecified atom stereocenters. The SMILES string of the molecule is COC(=O)c1cccc(NC(=O)C2CC2C(=O)NCCCN(C)C)c1. The second-order valence-corrected chi connectivity index (χ2v) is 6.46. The lowest BCUT2D eigenvalue weighted by Gasteiger charge is -2.10. The predicted octanol–water partition coefficient (Wildman–Crippen LogP) is 1.12. The molecule has 0 heterocycles. The highest BCUT2D eigenvalue weighted by Crippen LogP contribution is 2.39. The quantitative estimate of drug-likeness (QED) is 0.543. The van der Waals surface area contributed by atoms with Crippen molar-refractivity contribution in [3.8, 4) is 0 Å². The van der Waals surface area contributed by atoms with Crippen molar-refractivity contribution in [3.05, 3.63) is 29.8 Å².